The van der Waals surface area contributed by atoms with Crippen molar-refractivity contribution in [3.63, 3.8) is 0 Å². The van der Waals surface area contributed by atoms with E-state index in [1.165, 1.54) is 12.8 Å². The average Bonchev–Trinajstić information content (AvgIpc) is 2.26. The van der Waals surface area contributed by atoms with Gasteiger partial charge < -0.3 is 0 Å². The summed E-state index contributed by atoms with van der Waals surface area (Å²) in [7, 11) is 0. The molecule has 0 bridgehead atoms. The van der Waals surface area contributed by atoms with Crippen LogP contribution in [-0.4, -0.2) is 0 Å². The van der Waals surface area contributed by atoms with Crippen LogP contribution in [-0.2, 0) is 0 Å². The number of halogens is 1. The van der Waals surface area contributed by atoms with Gasteiger partial charge in [0.25, 0.3) is 0 Å². The largest absolute Gasteiger partial charge is 0.198 e. The zero-order chi connectivity index (χ0) is 11.1. The second kappa shape index (κ2) is 6.63. The fourth-order valence-corrected chi connectivity index (χ4v) is 2.21. The van der Waals surface area contributed by atoms with Crippen molar-refractivity contribution in [2.75, 3.05) is 0 Å². The molecule has 1 aromatic rings. The van der Waals surface area contributed by atoms with E-state index in [4.69, 9.17) is 5.26 Å². The molecule has 0 aliphatic heterocycles. The molecule has 0 spiro atoms. The number of nitriles is 1. The maximum absolute atomic E-state index is 9.13. The van der Waals surface area contributed by atoms with Crippen LogP contribution in [0.3, 0.4) is 0 Å². The Morgan fingerprint density at radius 1 is 1.33 bits per heavy atom. The minimum Gasteiger partial charge on any atom is -0.198 e. The van der Waals surface area contributed by atoms with Crippen LogP contribution in [0.2, 0.25) is 0 Å². The summed E-state index contributed by atoms with van der Waals surface area (Å²) in [5, 5.41) is 9.13. The lowest BCUT2D eigenvalue weighted by Crippen LogP contribution is -1.96. The zero-order valence-electron chi connectivity index (χ0n) is 9.04. The minimum absolute atomic E-state index is 0.0344. The molecule has 1 nitrogen and oxygen atoms in total. The first-order chi connectivity index (χ1) is 7.29. The van der Waals surface area contributed by atoms with Crippen molar-refractivity contribution >= 4 is 15.9 Å². The molecule has 0 saturated heterocycles. The molecule has 2 heteroatoms. The van der Waals surface area contributed by atoms with Crippen molar-refractivity contribution in [2.45, 2.75) is 38.5 Å². The molecule has 0 N–H and O–H groups in total. The summed E-state index contributed by atoms with van der Waals surface area (Å²) in [4.78, 5) is 0. The van der Waals surface area contributed by atoms with Crippen LogP contribution in [0.15, 0.2) is 28.7 Å². The Balaban J connectivity index is 2.67. The van der Waals surface area contributed by atoms with Crippen LogP contribution in [0.25, 0.3) is 0 Å². The number of unbranched alkanes of at least 4 members (excludes halogenated alkanes) is 2. The molecule has 0 amide bonds. The Bertz CT molecular complexity index is 341. The molecule has 15 heavy (non-hydrogen) atoms. The van der Waals surface area contributed by atoms with Crippen LogP contribution < -0.4 is 0 Å². The van der Waals surface area contributed by atoms with Gasteiger partial charge in [-0.15, -0.1) is 0 Å². The molecule has 0 aliphatic rings. The number of benzene rings is 1. The first-order valence-corrected chi connectivity index (χ1v) is 6.23. The van der Waals surface area contributed by atoms with E-state index in [1.807, 2.05) is 24.3 Å². The second-order valence-electron chi connectivity index (χ2n) is 3.70. The maximum atomic E-state index is 9.13. The standard InChI is InChI=1S/C13H16BrN/c1-2-3-4-7-11(10-15)12-8-5-6-9-13(12)14/h5-6,8-9,11H,2-4,7H2,1H3/t11-/m1/s1. The summed E-state index contributed by atoms with van der Waals surface area (Å²) in [5.41, 5.74) is 1.12. The van der Waals surface area contributed by atoms with E-state index < -0.39 is 0 Å². The Labute approximate surface area is 100 Å². The topological polar surface area (TPSA) is 23.8 Å². The van der Waals surface area contributed by atoms with Gasteiger partial charge in [0.1, 0.15) is 0 Å². The predicted octanol–water partition coefficient (Wildman–Crippen LogP) is 4.64. The van der Waals surface area contributed by atoms with Gasteiger partial charge in [-0.1, -0.05) is 60.3 Å². The number of hydrogen-bond donors (Lipinski definition) is 0. The third-order valence-electron chi connectivity index (χ3n) is 2.53. The molecule has 0 unspecified atom stereocenters. The van der Waals surface area contributed by atoms with Gasteiger partial charge >= 0.3 is 0 Å². The van der Waals surface area contributed by atoms with Crippen LogP contribution in [0.5, 0.6) is 0 Å². The molecule has 0 fully saturated rings. The van der Waals surface area contributed by atoms with Crippen LogP contribution in [0.1, 0.15) is 44.1 Å². The van der Waals surface area contributed by atoms with E-state index in [9.17, 15) is 0 Å². The highest BCUT2D eigenvalue weighted by molar-refractivity contribution is 9.10. The van der Waals surface area contributed by atoms with Gasteiger partial charge in [0.05, 0.1) is 12.0 Å². The number of hydrogen-bond acceptors (Lipinski definition) is 1. The lowest BCUT2D eigenvalue weighted by Gasteiger charge is -2.10. The van der Waals surface area contributed by atoms with E-state index >= 15 is 0 Å². The van der Waals surface area contributed by atoms with Gasteiger partial charge in [0, 0.05) is 4.47 Å². The average molecular weight is 266 g/mol. The first kappa shape index (κ1) is 12.3. The molecule has 1 rings (SSSR count). The highest BCUT2D eigenvalue weighted by atomic mass is 79.9. The summed E-state index contributed by atoms with van der Waals surface area (Å²) in [6, 6.07) is 10.4. The van der Waals surface area contributed by atoms with Crippen molar-refractivity contribution in [3.8, 4) is 6.07 Å². The molecule has 1 atom stereocenters. The summed E-state index contributed by atoms with van der Waals surface area (Å²) >= 11 is 3.50. The molecule has 80 valence electrons. The quantitative estimate of drug-likeness (QED) is 0.712. The Morgan fingerprint density at radius 2 is 2.07 bits per heavy atom. The Morgan fingerprint density at radius 3 is 2.67 bits per heavy atom. The van der Waals surface area contributed by atoms with E-state index in [0.29, 0.717) is 0 Å². The highest BCUT2D eigenvalue weighted by Gasteiger charge is 2.12. The summed E-state index contributed by atoms with van der Waals surface area (Å²) in [6.07, 6.45) is 4.51. The van der Waals surface area contributed by atoms with E-state index in [0.717, 1.165) is 22.9 Å². The molecule has 0 aliphatic carbocycles. The lowest BCUT2D eigenvalue weighted by atomic mass is 9.95. The first-order valence-electron chi connectivity index (χ1n) is 5.43. The Kier molecular flexibility index (Phi) is 5.42. The van der Waals surface area contributed by atoms with Crippen molar-refractivity contribution in [2.24, 2.45) is 0 Å². The van der Waals surface area contributed by atoms with Crippen LogP contribution >= 0.6 is 15.9 Å². The maximum Gasteiger partial charge on any atom is 0.0723 e. The van der Waals surface area contributed by atoms with Crippen LogP contribution in [0.4, 0.5) is 0 Å². The van der Waals surface area contributed by atoms with Gasteiger partial charge in [0.15, 0.2) is 0 Å². The number of nitrogens with zero attached hydrogens (tertiary/aromatic N) is 1. The fraction of sp³-hybridized carbons (Fsp3) is 0.462. The molecule has 0 heterocycles. The van der Waals surface area contributed by atoms with Gasteiger partial charge in [0.2, 0.25) is 0 Å². The van der Waals surface area contributed by atoms with Crippen molar-refractivity contribution < 1.29 is 0 Å². The molecular weight excluding hydrogens is 250 g/mol. The molecule has 1 aromatic carbocycles. The predicted molar refractivity (Wildman–Crippen MR) is 66.6 cm³/mol. The third kappa shape index (κ3) is 3.68. The smallest absolute Gasteiger partial charge is 0.0723 e. The lowest BCUT2D eigenvalue weighted by molar-refractivity contribution is 0.633. The Hall–Kier alpha value is -0.810. The van der Waals surface area contributed by atoms with Gasteiger partial charge in [-0.25, -0.2) is 0 Å². The van der Waals surface area contributed by atoms with E-state index in [1.54, 1.807) is 0 Å². The monoisotopic (exact) mass is 265 g/mol. The molecule has 0 saturated carbocycles. The van der Waals surface area contributed by atoms with Gasteiger partial charge in [-0.2, -0.15) is 5.26 Å². The molecule has 0 aromatic heterocycles. The van der Waals surface area contributed by atoms with Gasteiger partial charge in [-0.3, -0.25) is 0 Å². The van der Waals surface area contributed by atoms with Crippen molar-refractivity contribution in [1.82, 2.24) is 0 Å². The number of rotatable bonds is 5. The SMILES string of the molecule is CCCCC[C@H](C#N)c1ccccc1Br. The summed E-state index contributed by atoms with van der Waals surface area (Å²) < 4.78 is 1.05. The summed E-state index contributed by atoms with van der Waals surface area (Å²) in [5.74, 6) is 0.0344. The normalized spacial score (nSPS) is 12.1. The highest BCUT2D eigenvalue weighted by Crippen LogP contribution is 2.28. The second-order valence-corrected chi connectivity index (χ2v) is 4.55. The fourth-order valence-electron chi connectivity index (χ4n) is 1.65. The molecule has 0 radical (unpaired) electrons. The molecular formula is C13H16BrN. The third-order valence-corrected chi connectivity index (χ3v) is 3.25. The van der Waals surface area contributed by atoms with Crippen molar-refractivity contribution in [1.29, 1.82) is 5.26 Å². The van der Waals surface area contributed by atoms with E-state index in [2.05, 4.69) is 28.9 Å². The summed E-state index contributed by atoms with van der Waals surface area (Å²) in [6.45, 7) is 2.18. The van der Waals surface area contributed by atoms with Crippen LogP contribution in [0, 0.1) is 11.3 Å². The van der Waals surface area contributed by atoms with Gasteiger partial charge in [-0.05, 0) is 18.1 Å². The van der Waals surface area contributed by atoms with E-state index in [-0.39, 0.29) is 5.92 Å². The minimum atomic E-state index is 0.0344. The zero-order valence-corrected chi connectivity index (χ0v) is 10.6. The van der Waals surface area contributed by atoms with Crippen molar-refractivity contribution in [3.05, 3.63) is 34.3 Å².